The van der Waals surface area contributed by atoms with Gasteiger partial charge in [-0.05, 0) is 43.2 Å². The molecule has 1 aliphatic rings. The number of aromatic nitrogens is 1. The van der Waals surface area contributed by atoms with E-state index in [9.17, 15) is 4.79 Å². The molecule has 0 spiro atoms. The number of benzene rings is 1. The number of amides is 1. The Hall–Kier alpha value is -1.78. The van der Waals surface area contributed by atoms with Gasteiger partial charge >= 0.3 is 0 Å². The molecule has 0 unspecified atom stereocenters. The van der Waals surface area contributed by atoms with Crippen molar-refractivity contribution in [1.29, 1.82) is 0 Å². The Morgan fingerprint density at radius 2 is 1.79 bits per heavy atom. The molecule has 0 bridgehead atoms. The number of anilines is 2. The molecule has 3 rings (SSSR count). The second-order valence-electron chi connectivity index (χ2n) is 5.88. The third-order valence-electron chi connectivity index (χ3n) is 4.12. The average molecular weight is 364 g/mol. The monoisotopic (exact) mass is 363 g/mol. The normalized spacial score (nSPS) is 15.0. The maximum absolute atomic E-state index is 12.4. The number of pyridine rings is 1. The van der Waals surface area contributed by atoms with Crippen LogP contribution in [-0.4, -0.2) is 24.0 Å². The zero-order chi connectivity index (χ0) is 16.9. The Morgan fingerprint density at radius 1 is 1.04 bits per heavy atom. The predicted octanol–water partition coefficient (Wildman–Crippen LogP) is 5.02. The van der Waals surface area contributed by atoms with Crippen molar-refractivity contribution in [1.82, 2.24) is 4.98 Å². The molecule has 4 nitrogen and oxygen atoms in total. The third kappa shape index (κ3) is 4.19. The summed E-state index contributed by atoms with van der Waals surface area (Å²) in [6, 6.07) is 8.65. The van der Waals surface area contributed by atoms with E-state index in [1.54, 1.807) is 30.5 Å². The van der Waals surface area contributed by atoms with Crippen LogP contribution >= 0.6 is 23.2 Å². The van der Waals surface area contributed by atoms with E-state index in [0.717, 1.165) is 18.9 Å². The van der Waals surface area contributed by atoms with Gasteiger partial charge in [-0.1, -0.05) is 36.0 Å². The highest BCUT2D eigenvalue weighted by molar-refractivity contribution is 6.35. The summed E-state index contributed by atoms with van der Waals surface area (Å²) in [5.74, 6) is 0.670. The summed E-state index contributed by atoms with van der Waals surface area (Å²) < 4.78 is 0. The number of nitrogens with one attached hydrogen (secondary N) is 1. The Kier molecular flexibility index (Phi) is 5.59. The summed E-state index contributed by atoms with van der Waals surface area (Å²) in [5.41, 5.74) is 0.982. The van der Waals surface area contributed by atoms with Crippen molar-refractivity contribution in [2.24, 2.45) is 0 Å². The molecule has 1 amide bonds. The molecule has 1 saturated heterocycles. The van der Waals surface area contributed by atoms with E-state index in [-0.39, 0.29) is 5.91 Å². The van der Waals surface area contributed by atoms with Gasteiger partial charge in [0.25, 0.3) is 5.91 Å². The van der Waals surface area contributed by atoms with E-state index in [1.165, 1.54) is 25.7 Å². The van der Waals surface area contributed by atoms with E-state index >= 15 is 0 Å². The van der Waals surface area contributed by atoms with Gasteiger partial charge in [0.05, 0.1) is 16.3 Å². The molecule has 0 atom stereocenters. The minimum atomic E-state index is -0.255. The molecule has 1 fully saturated rings. The molecule has 2 aromatic rings. The highest BCUT2D eigenvalue weighted by Gasteiger charge is 2.13. The van der Waals surface area contributed by atoms with Gasteiger partial charge in [0.2, 0.25) is 0 Å². The predicted molar refractivity (Wildman–Crippen MR) is 99.3 cm³/mol. The number of halogens is 2. The van der Waals surface area contributed by atoms with Gasteiger partial charge in [0, 0.05) is 24.3 Å². The Bertz CT molecular complexity index is 711. The van der Waals surface area contributed by atoms with Crippen LogP contribution in [0.3, 0.4) is 0 Å². The zero-order valence-electron chi connectivity index (χ0n) is 13.3. The molecule has 126 valence electrons. The lowest BCUT2D eigenvalue weighted by atomic mass is 10.2. The number of carbonyl (C=O) groups is 1. The van der Waals surface area contributed by atoms with Crippen LogP contribution < -0.4 is 10.2 Å². The standard InChI is InChI=1S/C18H19Cl2N3O/c19-14-6-7-15(20)16(11-14)22-18(24)13-5-8-17(21-12-13)23-9-3-1-2-4-10-23/h5-8,11-12H,1-4,9-10H2,(H,22,24). The smallest absolute Gasteiger partial charge is 0.257 e. The molecular weight excluding hydrogens is 345 g/mol. The highest BCUT2D eigenvalue weighted by Crippen LogP contribution is 2.26. The summed E-state index contributed by atoms with van der Waals surface area (Å²) in [6.45, 7) is 2.05. The van der Waals surface area contributed by atoms with E-state index in [1.807, 2.05) is 6.07 Å². The highest BCUT2D eigenvalue weighted by atomic mass is 35.5. The molecule has 6 heteroatoms. The lowest BCUT2D eigenvalue weighted by Crippen LogP contribution is -2.25. The maximum Gasteiger partial charge on any atom is 0.257 e. The number of hydrogen-bond donors (Lipinski definition) is 1. The maximum atomic E-state index is 12.4. The number of carbonyl (C=O) groups excluding carboxylic acids is 1. The van der Waals surface area contributed by atoms with Crippen LogP contribution in [0.15, 0.2) is 36.5 Å². The van der Waals surface area contributed by atoms with Crippen LogP contribution in [0.25, 0.3) is 0 Å². The molecule has 2 heterocycles. The molecule has 1 aromatic heterocycles. The van der Waals surface area contributed by atoms with Crippen LogP contribution in [0.1, 0.15) is 36.0 Å². The van der Waals surface area contributed by atoms with Crippen LogP contribution in [0.5, 0.6) is 0 Å². The van der Waals surface area contributed by atoms with Gasteiger partial charge in [-0.25, -0.2) is 4.98 Å². The SMILES string of the molecule is O=C(Nc1cc(Cl)ccc1Cl)c1ccc(N2CCCCCC2)nc1. The Labute approximate surface area is 151 Å². The van der Waals surface area contributed by atoms with Crippen molar-refractivity contribution in [3.63, 3.8) is 0 Å². The minimum absolute atomic E-state index is 0.255. The molecule has 0 saturated carbocycles. The van der Waals surface area contributed by atoms with E-state index in [4.69, 9.17) is 23.2 Å². The van der Waals surface area contributed by atoms with Gasteiger partial charge in [0.15, 0.2) is 0 Å². The topological polar surface area (TPSA) is 45.2 Å². The summed E-state index contributed by atoms with van der Waals surface area (Å²) in [6.07, 6.45) is 6.54. The Morgan fingerprint density at radius 3 is 2.46 bits per heavy atom. The van der Waals surface area contributed by atoms with Crippen LogP contribution in [0, 0.1) is 0 Å². The van der Waals surface area contributed by atoms with Crippen molar-refractivity contribution >= 4 is 40.6 Å². The fourth-order valence-corrected chi connectivity index (χ4v) is 3.13. The number of rotatable bonds is 3. The molecule has 1 aliphatic heterocycles. The minimum Gasteiger partial charge on any atom is -0.357 e. The summed E-state index contributed by atoms with van der Waals surface area (Å²) in [4.78, 5) is 19.1. The average Bonchev–Trinajstić information content (AvgIpc) is 2.87. The van der Waals surface area contributed by atoms with Gasteiger partial charge < -0.3 is 10.2 Å². The molecule has 0 aliphatic carbocycles. The second-order valence-corrected chi connectivity index (χ2v) is 6.73. The number of nitrogens with zero attached hydrogens (tertiary/aromatic N) is 2. The molecule has 0 radical (unpaired) electrons. The van der Waals surface area contributed by atoms with Crippen LogP contribution in [0.2, 0.25) is 10.0 Å². The van der Waals surface area contributed by atoms with Gasteiger partial charge in [-0.3, -0.25) is 4.79 Å². The van der Waals surface area contributed by atoms with Crippen molar-refractivity contribution in [3.8, 4) is 0 Å². The molecule has 24 heavy (non-hydrogen) atoms. The summed E-state index contributed by atoms with van der Waals surface area (Å²) in [5, 5.41) is 3.73. The lowest BCUT2D eigenvalue weighted by molar-refractivity contribution is 0.102. The van der Waals surface area contributed by atoms with Gasteiger partial charge in [-0.15, -0.1) is 0 Å². The van der Waals surface area contributed by atoms with E-state index < -0.39 is 0 Å². The first kappa shape index (κ1) is 17.1. The zero-order valence-corrected chi connectivity index (χ0v) is 14.8. The number of hydrogen-bond acceptors (Lipinski definition) is 3. The molecular formula is C18H19Cl2N3O. The molecule has 1 aromatic carbocycles. The van der Waals surface area contributed by atoms with Crippen molar-refractivity contribution in [3.05, 3.63) is 52.1 Å². The van der Waals surface area contributed by atoms with Gasteiger partial charge in [0.1, 0.15) is 5.82 Å². The molecule has 1 N–H and O–H groups in total. The van der Waals surface area contributed by atoms with E-state index in [0.29, 0.717) is 21.3 Å². The quantitative estimate of drug-likeness (QED) is 0.832. The first-order chi connectivity index (χ1) is 11.6. The third-order valence-corrected chi connectivity index (χ3v) is 4.68. The summed E-state index contributed by atoms with van der Waals surface area (Å²) >= 11 is 12.0. The van der Waals surface area contributed by atoms with Crippen LogP contribution in [0.4, 0.5) is 11.5 Å². The second kappa shape index (κ2) is 7.86. The van der Waals surface area contributed by atoms with Gasteiger partial charge in [-0.2, -0.15) is 0 Å². The first-order valence-corrected chi connectivity index (χ1v) is 8.86. The first-order valence-electron chi connectivity index (χ1n) is 8.11. The fraction of sp³-hybridized carbons (Fsp3) is 0.333. The van der Waals surface area contributed by atoms with Crippen molar-refractivity contribution < 1.29 is 4.79 Å². The van der Waals surface area contributed by atoms with Crippen molar-refractivity contribution in [2.45, 2.75) is 25.7 Å². The van der Waals surface area contributed by atoms with E-state index in [2.05, 4.69) is 15.2 Å². The fourth-order valence-electron chi connectivity index (χ4n) is 2.79. The Balaban J connectivity index is 1.70. The summed E-state index contributed by atoms with van der Waals surface area (Å²) in [7, 11) is 0. The van der Waals surface area contributed by atoms with Crippen LogP contribution in [-0.2, 0) is 0 Å². The lowest BCUT2D eigenvalue weighted by Gasteiger charge is -2.21. The van der Waals surface area contributed by atoms with Crippen molar-refractivity contribution in [2.75, 3.05) is 23.3 Å². The largest absolute Gasteiger partial charge is 0.357 e.